The number of hydrogen-bond acceptors (Lipinski definition) is 10. The third kappa shape index (κ3) is 4.79. The number of carbonyl (C=O) groups excluding carboxylic acids is 3. The average molecular weight is 650 g/mol. The fraction of sp³-hybridized carbons (Fsp3) is 0.379. The summed E-state index contributed by atoms with van der Waals surface area (Å²) in [5.41, 5.74) is 0.190. The Balaban J connectivity index is 1.36. The van der Waals surface area contributed by atoms with Gasteiger partial charge in [-0.2, -0.15) is 5.10 Å². The van der Waals surface area contributed by atoms with Crippen LogP contribution in [0.5, 0.6) is 0 Å². The Morgan fingerprint density at radius 2 is 1.88 bits per heavy atom. The van der Waals surface area contributed by atoms with E-state index >= 15 is 0 Å². The Hall–Kier alpha value is -4.14. The van der Waals surface area contributed by atoms with Crippen molar-refractivity contribution in [3.63, 3.8) is 0 Å². The van der Waals surface area contributed by atoms with Crippen LogP contribution in [0.4, 0.5) is 5.82 Å². The van der Waals surface area contributed by atoms with Crippen LogP contribution in [0.2, 0.25) is 0 Å². The molecular weight excluding hydrogens is 620 g/mol. The highest BCUT2D eigenvalue weighted by Crippen LogP contribution is 2.66. The number of piperidine rings is 1. The SMILES string of the molecule is CC(=O)c1nn(CC(=O)N2[C@H](C(=O)Nc3nc(Br)ccc3C)C[C@@]3(C)C[C@@]23O)c2c(CO)nc(-c3cnc(C)nc3)cc12. The van der Waals surface area contributed by atoms with Gasteiger partial charge in [0.05, 0.1) is 23.5 Å². The molecule has 2 fully saturated rings. The Labute approximate surface area is 254 Å². The molecule has 43 heavy (non-hydrogen) atoms. The number of carbonyl (C=O) groups is 3. The molecule has 1 aliphatic heterocycles. The number of hydrogen-bond donors (Lipinski definition) is 3. The highest BCUT2D eigenvalue weighted by atomic mass is 79.9. The smallest absolute Gasteiger partial charge is 0.248 e. The van der Waals surface area contributed by atoms with Gasteiger partial charge < -0.3 is 20.4 Å². The first-order valence-corrected chi connectivity index (χ1v) is 14.4. The number of nitrogens with one attached hydrogen (secondary N) is 1. The second-order valence-corrected chi connectivity index (χ2v) is 12.2. The van der Waals surface area contributed by atoms with Gasteiger partial charge in [-0.05, 0) is 53.9 Å². The topological polar surface area (TPSA) is 176 Å². The second-order valence-electron chi connectivity index (χ2n) is 11.4. The number of likely N-dealkylation sites (tertiary alicyclic amines) is 1. The lowest BCUT2D eigenvalue weighted by Gasteiger charge is -2.30. The average Bonchev–Trinajstić information content (AvgIpc) is 3.21. The number of halogens is 1. The zero-order valence-corrected chi connectivity index (χ0v) is 25.5. The van der Waals surface area contributed by atoms with E-state index in [-0.39, 0.29) is 23.6 Å². The molecule has 222 valence electrons. The second kappa shape index (κ2) is 10.2. The van der Waals surface area contributed by atoms with E-state index in [1.165, 1.54) is 16.5 Å². The van der Waals surface area contributed by atoms with Crippen LogP contribution >= 0.6 is 15.9 Å². The molecule has 0 unspecified atom stereocenters. The minimum absolute atomic E-state index is 0.0936. The van der Waals surface area contributed by atoms with Gasteiger partial charge in [0.25, 0.3) is 0 Å². The number of aromatic nitrogens is 6. The van der Waals surface area contributed by atoms with Crippen LogP contribution in [0.15, 0.2) is 35.2 Å². The number of anilines is 1. The van der Waals surface area contributed by atoms with Gasteiger partial charge in [-0.15, -0.1) is 0 Å². The van der Waals surface area contributed by atoms with Crippen molar-refractivity contribution in [2.75, 3.05) is 5.32 Å². The molecule has 13 nitrogen and oxygen atoms in total. The summed E-state index contributed by atoms with van der Waals surface area (Å²) < 4.78 is 1.85. The van der Waals surface area contributed by atoms with Crippen molar-refractivity contribution in [3.8, 4) is 11.3 Å². The molecule has 1 aliphatic carbocycles. The van der Waals surface area contributed by atoms with Gasteiger partial charge in [-0.3, -0.25) is 19.1 Å². The quantitative estimate of drug-likeness (QED) is 0.199. The molecule has 3 atom stereocenters. The van der Waals surface area contributed by atoms with E-state index in [9.17, 15) is 24.6 Å². The van der Waals surface area contributed by atoms with Gasteiger partial charge in [0.1, 0.15) is 40.3 Å². The van der Waals surface area contributed by atoms with Crippen molar-refractivity contribution >= 4 is 50.2 Å². The molecule has 0 aromatic carbocycles. The Morgan fingerprint density at radius 3 is 2.56 bits per heavy atom. The molecule has 0 radical (unpaired) electrons. The van der Waals surface area contributed by atoms with Gasteiger partial charge in [0.2, 0.25) is 11.8 Å². The number of aryl methyl sites for hydroxylation is 2. The lowest BCUT2D eigenvalue weighted by atomic mass is 10.0. The minimum atomic E-state index is -1.51. The maximum atomic E-state index is 13.9. The molecule has 4 aromatic heterocycles. The van der Waals surface area contributed by atoms with Crippen LogP contribution in [0.1, 0.15) is 54.3 Å². The summed E-state index contributed by atoms with van der Waals surface area (Å²) in [4.78, 5) is 58.6. The lowest BCUT2D eigenvalue weighted by molar-refractivity contribution is -0.151. The molecule has 0 bridgehead atoms. The Kier molecular flexibility index (Phi) is 6.90. The van der Waals surface area contributed by atoms with E-state index in [0.29, 0.717) is 44.8 Å². The van der Waals surface area contributed by atoms with Gasteiger partial charge in [-0.25, -0.2) is 19.9 Å². The van der Waals surface area contributed by atoms with E-state index in [4.69, 9.17) is 0 Å². The Morgan fingerprint density at radius 1 is 1.16 bits per heavy atom. The summed E-state index contributed by atoms with van der Waals surface area (Å²) in [5.74, 6) is -0.458. The molecule has 4 aromatic rings. The van der Waals surface area contributed by atoms with Crippen LogP contribution in [0.3, 0.4) is 0 Å². The van der Waals surface area contributed by atoms with Gasteiger partial charge >= 0.3 is 0 Å². The molecule has 2 amide bonds. The predicted molar refractivity (Wildman–Crippen MR) is 157 cm³/mol. The summed E-state index contributed by atoms with van der Waals surface area (Å²) in [5, 5.41) is 29.4. The molecule has 6 rings (SSSR count). The van der Waals surface area contributed by atoms with E-state index in [1.807, 2.05) is 6.92 Å². The molecule has 5 heterocycles. The zero-order chi connectivity index (χ0) is 30.8. The van der Waals surface area contributed by atoms with Crippen molar-refractivity contribution in [3.05, 3.63) is 58.0 Å². The first kappa shape index (κ1) is 29.0. The Bertz CT molecular complexity index is 1830. The fourth-order valence-electron chi connectivity index (χ4n) is 5.95. The van der Waals surface area contributed by atoms with Gasteiger partial charge in [0.15, 0.2) is 5.78 Å². The highest BCUT2D eigenvalue weighted by Gasteiger charge is 2.75. The van der Waals surface area contributed by atoms with Crippen molar-refractivity contribution < 1.29 is 24.6 Å². The zero-order valence-electron chi connectivity index (χ0n) is 23.9. The lowest BCUT2D eigenvalue weighted by Crippen LogP contribution is -2.51. The number of pyridine rings is 2. The molecule has 3 N–H and O–H groups in total. The number of amides is 2. The third-order valence-corrected chi connectivity index (χ3v) is 8.79. The number of aliphatic hydroxyl groups excluding tert-OH is 1. The monoisotopic (exact) mass is 648 g/mol. The van der Waals surface area contributed by atoms with Gasteiger partial charge in [-0.1, -0.05) is 13.0 Å². The number of fused-ring (bicyclic) bond motifs is 2. The molecule has 1 saturated carbocycles. The molecule has 2 aliphatic rings. The summed E-state index contributed by atoms with van der Waals surface area (Å²) >= 11 is 3.31. The summed E-state index contributed by atoms with van der Waals surface area (Å²) in [6.45, 7) is 5.86. The normalized spacial score (nSPS) is 22.5. The summed E-state index contributed by atoms with van der Waals surface area (Å²) in [7, 11) is 0. The number of aliphatic hydroxyl groups is 2. The molecule has 0 spiro atoms. The maximum absolute atomic E-state index is 13.9. The maximum Gasteiger partial charge on any atom is 0.248 e. The number of nitrogens with zero attached hydrogens (tertiary/aromatic N) is 7. The minimum Gasteiger partial charge on any atom is -0.390 e. The van der Waals surface area contributed by atoms with Crippen LogP contribution in [0.25, 0.3) is 22.2 Å². The van der Waals surface area contributed by atoms with Crippen molar-refractivity contribution in [1.82, 2.24) is 34.6 Å². The summed E-state index contributed by atoms with van der Waals surface area (Å²) in [6, 6.07) is 4.24. The molecule has 1 saturated heterocycles. The number of Topliss-reactive ketones (excluding diaryl/α,β-unsaturated/α-hetero) is 1. The number of ketones is 1. The van der Waals surface area contributed by atoms with Crippen LogP contribution in [0, 0.1) is 19.3 Å². The van der Waals surface area contributed by atoms with E-state index in [0.717, 1.165) is 5.56 Å². The standard InChI is InChI=1S/C29H29BrN8O5/c1-14-5-6-22(30)34-26(14)35-27(42)21-8-28(4)13-29(28,43)38(21)23(41)11-37-25-18(24(36-37)15(2)40)7-19(33-20(25)12-39)17-9-31-16(3)32-10-17/h5-7,9-10,21,39,43H,8,11-13H2,1-4H3,(H,34,35,42)/t21-,28-,29-/m0/s1. The van der Waals surface area contributed by atoms with Crippen LogP contribution in [-0.4, -0.2) is 74.2 Å². The first-order valence-electron chi connectivity index (χ1n) is 13.6. The largest absolute Gasteiger partial charge is 0.390 e. The fourth-order valence-corrected chi connectivity index (χ4v) is 6.26. The van der Waals surface area contributed by atoms with Crippen LogP contribution < -0.4 is 5.32 Å². The third-order valence-electron chi connectivity index (χ3n) is 8.35. The van der Waals surface area contributed by atoms with Gasteiger partial charge in [0, 0.05) is 42.1 Å². The van der Waals surface area contributed by atoms with Crippen LogP contribution in [-0.2, 0) is 22.7 Å². The molecular formula is C29H29BrN8O5. The number of rotatable bonds is 7. The highest BCUT2D eigenvalue weighted by molar-refractivity contribution is 9.10. The van der Waals surface area contributed by atoms with Crippen molar-refractivity contribution in [2.45, 2.75) is 65.5 Å². The van der Waals surface area contributed by atoms with E-state index in [1.54, 1.807) is 44.4 Å². The van der Waals surface area contributed by atoms with Crippen molar-refractivity contribution in [2.24, 2.45) is 5.41 Å². The summed E-state index contributed by atoms with van der Waals surface area (Å²) in [6.07, 6.45) is 3.78. The van der Waals surface area contributed by atoms with Crippen molar-refractivity contribution in [1.29, 1.82) is 0 Å². The molecule has 14 heteroatoms. The van der Waals surface area contributed by atoms with E-state index < -0.39 is 42.1 Å². The van der Waals surface area contributed by atoms with E-state index in [2.05, 4.69) is 46.3 Å². The first-order chi connectivity index (χ1) is 20.3. The predicted octanol–water partition coefficient (Wildman–Crippen LogP) is 2.70.